The number of amides is 1. The third-order valence-electron chi connectivity index (χ3n) is 2.15. The van der Waals surface area contributed by atoms with Gasteiger partial charge in [-0.3, -0.25) is 4.79 Å². The maximum Gasteiger partial charge on any atom is 1.00 e. The number of aryl methyl sites for hydroxylation is 2. The van der Waals surface area contributed by atoms with E-state index in [2.05, 4.69) is 43.4 Å². The number of carbonyl (C=O) groups is 1. The van der Waals surface area contributed by atoms with Crippen molar-refractivity contribution >= 4 is 16.0 Å². The Morgan fingerprint density at radius 2 is 1.63 bits per heavy atom. The molecular weight excluding hydrogens is 261 g/mol. The Bertz CT molecular complexity index is 467. The molecule has 0 aliphatic rings. The van der Waals surface area contributed by atoms with Crippen LogP contribution in [-0.2, 0) is 14.9 Å². The minimum absolute atomic E-state index is 0. The monoisotopic (exact) mass is 279 g/mol. The van der Waals surface area contributed by atoms with Gasteiger partial charge in [0.1, 0.15) is 0 Å². The molecule has 0 saturated heterocycles. The van der Waals surface area contributed by atoms with E-state index in [1.54, 1.807) is 0 Å². The van der Waals surface area contributed by atoms with Crippen LogP contribution >= 0.6 is 0 Å². The fraction of sp³-hybridized carbons (Fsp3) is 0.417. The number of benzene rings is 1. The number of carbonyl (C=O) groups excluding carboxylic acids is 1. The predicted molar refractivity (Wildman–Crippen MR) is 69.2 cm³/mol. The molecule has 102 valence electrons. The van der Waals surface area contributed by atoms with E-state index in [1.165, 1.54) is 18.1 Å². The summed E-state index contributed by atoms with van der Waals surface area (Å²) in [7, 11) is -4.18. The zero-order valence-corrected chi connectivity index (χ0v) is 12.6. The second-order valence-corrected chi connectivity index (χ2v) is 5.35. The molecule has 0 aliphatic carbocycles. The van der Waals surface area contributed by atoms with Crippen molar-refractivity contribution in [3.8, 4) is 0 Å². The first-order chi connectivity index (χ1) is 8.22. The van der Waals surface area contributed by atoms with Crippen LogP contribution < -0.4 is 24.2 Å². The van der Waals surface area contributed by atoms with Crippen LogP contribution in [0.25, 0.3) is 0 Å². The summed E-state index contributed by atoms with van der Waals surface area (Å²) in [5.74, 6) is -0.893. The Balaban J connectivity index is 0. The minimum Gasteiger partial charge on any atom is -0.748 e. The third kappa shape index (κ3) is 13.4. The number of hydrogen-bond donors (Lipinski definition) is 1. The van der Waals surface area contributed by atoms with Crippen molar-refractivity contribution in [2.24, 2.45) is 0 Å². The molecule has 1 N–H and O–H groups in total. The van der Waals surface area contributed by atoms with Crippen LogP contribution in [0.15, 0.2) is 24.3 Å². The van der Waals surface area contributed by atoms with Gasteiger partial charge >= 0.3 is 18.9 Å². The Morgan fingerprint density at radius 3 is 1.89 bits per heavy atom. The first-order valence-electron chi connectivity index (χ1n) is 5.42. The maximum atomic E-state index is 10.1. The van der Waals surface area contributed by atoms with Crippen LogP contribution in [0.4, 0.5) is 0 Å². The second-order valence-electron chi connectivity index (χ2n) is 3.83. The van der Waals surface area contributed by atoms with E-state index >= 15 is 0 Å². The SMILES string of the molecule is CC(=O)NCCS(=O)(=O)[O-].Cc1ccccc1C.[Li+]. The molecule has 0 aromatic heterocycles. The van der Waals surface area contributed by atoms with Gasteiger partial charge in [0.2, 0.25) is 5.91 Å². The number of rotatable bonds is 3. The summed E-state index contributed by atoms with van der Waals surface area (Å²) in [5.41, 5.74) is 2.74. The zero-order valence-electron chi connectivity index (χ0n) is 11.8. The van der Waals surface area contributed by atoms with E-state index in [9.17, 15) is 17.8 Å². The average Bonchev–Trinajstić information content (AvgIpc) is 2.21. The summed E-state index contributed by atoms with van der Waals surface area (Å²) in [5, 5.41) is 2.18. The van der Waals surface area contributed by atoms with E-state index in [4.69, 9.17) is 0 Å². The van der Waals surface area contributed by atoms with Gasteiger partial charge in [0.05, 0.1) is 15.9 Å². The van der Waals surface area contributed by atoms with E-state index in [-0.39, 0.29) is 31.3 Å². The van der Waals surface area contributed by atoms with Gasteiger partial charge in [-0.25, -0.2) is 8.42 Å². The molecule has 0 spiro atoms. The fourth-order valence-electron chi connectivity index (χ4n) is 1.01. The topological polar surface area (TPSA) is 86.3 Å². The molecule has 0 fully saturated rings. The smallest absolute Gasteiger partial charge is 0.748 e. The molecule has 0 bridgehead atoms. The van der Waals surface area contributed by atoms with Crippen LogP contribution in [0.5, 0.6) is 0 Å². The van der Waals surface area contributed by atoms with Crippen molar-refractivity contribution in [2.75, 3.05) is 12.3 Å². The molecule has 5 nitrogen and oxygen atoms in total. The minimum atomic E-state index is -4.18. The summed E-state index contributed by atoms with van der Waals surface area (Å²) in [6.07, 6.45) is 0. The molecule has 1 amide bonds. The molecule has 1 aromatic carbocycles. The van der Waals surface area contributed by atoms with E-state index in [0.29, 0.717) is 0 Å². The molecular formula is C12H18LiNO4S. The third-order valence-corrected chi connectivity index (χ3v) is 2.86. The van der Waals surface area contributed by atoms with Crippen LogP contribution in [0.1, 0.15) is 18.1 Å². The van der Waals surface area contributed by atoms with Gasteiger partial charge in [-0.05, 0) is 25.0 Å². The fourth-order valence-corrected chi connectivity index (χ4v) is 1.37. The van der Waals surface area contributed by atoms with Gasteiger partial charge < -0.3 is 9.87 Å². The van der Waals surface area contributed by atoms with Crippen LogP contribution in [0.2, 0.25) is 0 Å². The van der Waals surface area contributed by atoms with Crippen molar-refractivity contribution in [3.63, 3.8) is 0 Å². The first-order valence-corrected chi connectivity index (χ1v) is 7.00. The molecule has 19 heavy (non-hydrogen) atoms. The average molecular weight is 279 g/mol. The molecule has 0 aliphatic heterocycles. The van der Waals surface area contributed by atoms with Gasteiger partial charge in [-0.2, -0.15) is 0 Å². The molecule has 0 saturated carbocycles. The number of nitrogens with one attached hydrogen (secondary N) is 1. The number of hydrogen-bond acceptors (Lipinski definition) is 4. The van der Waals surface area contributed by atoms with Crippen molar-refractivity contribution in [1.82, 2.24) is 5.32 Å². The molecule has 1 aromatic rings. The Kier molecular flexibility index (Phi) is 10.8. The normalized spacial score (nSPS) is 9.68. The van der Waals surface area contributed by atoms with Crippen LogP contribution in [0, 0.1) is 13.8 Å². The summed E-state index contributed by atoms with van der Waals surface area (Å²) in [6, 6.07) is 8.36. The molecule has 7 heteroatoms. The van der Waals surface area contributed by atoms with Gasteiger partial charge in [0.25, 0.3) is 0 Å². The predicted octanol–water partition coefficient (Wildman–Crippen LogP) is -2.02. The van der Waals surface area contributed by atoms with Crippen LogP contribution in [-0.4, -0.2) is 31.2 Å². The van der Waals surface area contributed by atoms with Gasteiger partial charge in [-0.1, -0.05) is 24.3 Å². The van der Waals surface area contributed by atoms with Gasteiger partial charge in [0, 0.05) is 13.5 Å². The summed E-state index contributed by atoms with van der Waals surface area (Å²) in [6.45, 7) is 5.38. The van der Waals surface area contributed by atoms with E-state index < -0.39 is 15.9 Å². The quantitative estimate of drug-likeness (QED) is 0.511. The molecule has 0 heterocycles. The van der Waals surface area contributed by atoms with Gasteiger partial charge in [-0.15, -0.1) is 0 Å². The van der Waals surface area contributed by atoms with Crippen molar-refractivity contribution in [2.45, 2.75) is 20.8 Å². The molecule has 0 atom stereocenters. The van der Waals surface area contributed by atoms with E-state index in [0.717, 1.165) is 0 Å². The molecule has 1 rings (SSSR count). The van der Waals surface area contributed by atoms with Crippen molar-refractivity contribution < 1.29 is 36.6 Å². The summed E-state index contributed by atoms with van der Waals surface area (Å²) >= 11 is 0. The van der Waals surface area contributed by atoms with Gasteiger partial charge in [0.15, 0.2) is 0 Å². The van der Waals surface area contributed by atoms with Crippen molar-refractivity contribution in [3.05, 3.63) is 35.4 Å². The molecule has 0 unspecified atom stereocenters. The summed E-state index contributed by atoms with van der Waals surface area (Å²) < 4.78 is 29.7. The Hall–Kier alpha value is -0.803. The maximum absolute atomic E-state index is 10.1. The zero-order chi connectivity index (χ0) is 14.2. The standard InChI is InChI=1S/C8H10.C4H9NO4S.Li/c1-7-5-3-4-6-8(7)2;1-4(6)5-2-3-10(7,8)9;/h3-6H,1-2H3;2-3H2,1H3,(H,5,6)(H,7,8,9);/q;;+1/p-1. The molecule has 0 radical (unpaired) electrons. The first kappa shape index (κ1) is 20.5. The van der Waals surface area contributed by atoms with E-state index in [1.807, 2.05) is 0 Å². The summed E-state index contributed by atoms with van der Waals surface area (Å²) in [4.78, 5) is 10.1. The van der Waals surface area contributed by atoms with Crippen LogP contribution in [0.3, 0.4) is 0 Å². The largest absolute Gasteiger partial charge is 1.00 e. The second kappa shape index (κ2) is 10.0. The van der Waals surface area contributed by atoms with Crippen molar-refractivity contribution in [1.29, 1.82) is 0 Å². The Labute approximate surface area is 126 Å². The Morgan fingerprint density at radius 1 is 1.21 bits per heavy atom.